The average molecular weight is 266 g/mol. The Kier molecular flexibility index (Phi) is 4.26. The molecule has 2 aromatic rings. The molecule has 0 radical (unpaired) electrons. The van der Waals surface area contributed by atoms with E-state index in [-0.39, 0.29) is 5.78 Å². The van der Waals surface area contributed by atoms with Gasteiger partial charge in [-0.3, -0.25) is 4.79 Å². The van der Waals surface area contributed by atoms with E-state index in [1.54, 1.807) is 6.20 Å². The summed E-state index contributed by atoms with van der Waals surface area (Å²) in [6, 6.07) is 5.74. The van der Waals surface area contributed by atoms with Crippen molar-refractivity contribution in [2.75, 3.05) is 12.5 Å². The quantitative estimate of drug-likeness (QED) is 0.638. The molecule has 1 N–H and O–H groups in total. The fourth-order valence-electron chi connectivity index (χ4n) is 2.01. The van der Waals surface area contributed by atoms with Crippen LogP contribution in [-0.2, 0) is 0 Å². The molecule has 18 heavy (non-hydrogen) atoms. The first-order valence-electron chi connectivity index (χ1n) is 6.10. The molecule has 0 aliphatic rings. The van der Waals surface area contributed by atoms with Gasteiger partial charge in [-0.05, 0) is 25.5 Å². The van der Waals surface area contributed by atoms with Gasteiger partial charge in [0.1, 0.15) is 5.75 Å². The van der Waals surface area contributed by atoms with Crippen LogP contribution in [0.15, 0.2) is 24.4 Å². The van der Waals surface area contributed by atoms with Crippen LogP contribution in [0.4, 0.5) is 0 Å². The number of aromatic amines is 1. The van der Waals surface area contributed by atoms with Crippen molar-refractivity contribution in [3.05, 3.63) is 30.0 Å². The molecule has 0 saturated heterocycles. The fraction of sp³-hybridized carbons (Fsp3) is 0.357. The van der Waals surface area contributed by atoms with Crippen LogP contribution in [0.25, 0.3) is 10.9 Å². The van der Waals surface area contributed by atoms with E-state index in [0.29, 0.717) is 30.9 Å². The molecule has 0 unspecified atom stereocenters. The zero-order valence-electron chi connectivity index (χ0n) is 10.3. The van der Waals surface area contributed by atoms with Crippen LogP contribution in [0.5, 0.6) is 5.75 Å². The van der Waals surface area contributed by atoms with E-state index in [4.69, 9.17) is 16.3 Å². The Morgan fingerprint density at radius 3 is 3.00 bits per heavy atom. The molecular weight excluding hydrogens is 250 g/mol. The number of ether oxygens (including phenoxy) is 1. The van der Waals surface area contributed by atoms with Gasteiger partial charge >= 0.3 is 0 Å². The molecule has 0 saturated carbocycles. The lowest BCUT2D eigenvalue weighted by Crippen LogP contribution is -2.00. The Balaban J connectivity index is 2.41. The lowest BCUT2D eigenvalue weighted by atomic mass is 10.1. The van der Waals surface area contributed by atoms with Gasteiger partial charge in [0.15, 0.2) is 5.78 Å². The van der Waals surface area contributed by atoms with E-state index in [1.807, 2.05) is 25.1 Å². The topological polar surface area (TPSA) is 42.1 Å². The first kappa shape index (κ1) is 13.0. The first-order valence-corrected chi connectivity index (χ1v) is 6.63. The van der Waals surface area contributed by atoms with Crippen LogP contribution in [0, 0.1) is 0 Å². The summed E-state index contributed by atoms with van der Waals surface area (Å²) >= 11 is 5.62. The number of aromatic nitrogens is 1. The van der Waals surface area contributed by atoms with Crippen LogP contribution in [0.3, 0.4) is 0 Å². The van der Waals surface area contributed by atoms with Gasteiger partial charge in [-0.2, -0.15) is 0 Å². The maximum Gasteiger partial charge on any atom is 0.165 e. The van der Waals surface area contributed by atoms with Gasteiger partial charge in [0.2, 0.25) is 0 Å². The minimum absolute atomic E-state index is 0.106. The maximum absolute atomic E-state index is 12.1. The van der Waals surface area contributed by atoms with Gasteiger partial charge in [-0.1, -0.05) is 6.07 Å². The first-order chi connectivity index (χ1) is 8.77. The summed E-state index contributed by atoms with van der Waals surface area (Å²) < 4.78 is 5.57. The Morgan fingerprint density at radius 1 is 1.44 bits per heavy atom. The van der Waals surface area contributed by atoms with Crippen LogP contribution in [0.1, 0.15) is 30.1 Å². The Hall–Kier alpha value is -1.48. The smallest absolute Gasteiger partial charge is 0.165 e. The lowest BCUT2D eigenvalue weighted by Gasteiger charge is -2.06. The van der Waals surface area contributed by atoms with Gasteiger partial charge in [0.25, 0.3) is 0 Å². The molecule has 1 heterocycles. The number of hydrogen-bond acceptors (Lipinski definition) is 2. The molecule has 1 aromatic heterocycles. The number of alkyl halides is 1. The second-order valence-corrected chi connectivity index (χ2v) is 4.41. The molecule has 96 valence electrons. The second-order valence-electron chi connectivity index (χ2n) is 4.03. The third-order valence-corrected chi connectivity index (χ3v) is 3.07. The summed E-state index contributed by atoms with van der Waals surface area (Å²) in [5, 5.41) is 0.874. The van der Waals surface area contributed by atoms with Crippen molar-refractivity contribution in [1.82, 2.24) is 4.98 Å². The third kappa shape index (κ3) is 2.51. The van der Waals surface area contributed by atoms with E-state index < -0.39 is 0 Å². The van der Waals surface area contributed by atoms with Crippen LogP contribution in [-0.4, -0.2) is 23.3 Å². The molecule has 0 fully saturated rings. The molecule has 0 amide bonds. The highest BCUT2D eigenvalue weighted by atomic mass is 35.5. The number of benzene rings is 1. The molecule has 3 nitrogen and oxygen atoms in total. The SMILES string of the molecule is CCOc1cccc2[nH]cc(C(=O)CCCCl)c12. The highest BCUT2D eigenvalue weighted by Crippen LogP contribution is 2.29. The van der Waals surface area contributed by atoms with Gasteiger partial charge in [-0.25, -0.2) is 0 Å². The van der Waals surface area contributed by atoms with Crippen molar-refractivity contribution in [2.24, 2.45) is 0 Å². The normalized spacial score (nSPS) is 10.8. The molecular formula is C14H16ClNO2. The number of carbonyl (C=O) groups is 1. The van der Waals surface area contributed by atoms with Crippen LogP contribution < -0.4 is 4.74 Å². The van der Waals surface area contributed by atoms with E-state index in [9.17, 15) is 4.79 Å². The molecule has 0 aliphatic heterocycles. The Morgan fingerprint density at radius 2 is 2.28 bits per heavy atom. The number of nitrogens with one attached hydrogen (secondary N) is 1. The fourth-order valence-corrected chi connectivity index (χ4v) is 2.14. The van der Waals surface area contributed by atoms with Crippen molar-refractivity contribution in [2.45, 2.75) is 19.8 Å². The molecule has 1 aromatic carbocycles. The molecule has 0 aliphatic carbocycles. The monoisotopic (exact) mass is 265 g/mol. The van der Waals surface area contributed by atoms with Gasteiger partial charge in [-0.15, -0.1) is 11.6 Å². The molecule has 4 heteroatoms. The number of carbonyl (C=O) groups excluding carboxylic acids is 1. The number of fused-ring (bicyclic) bond motifs is 1. The summed E-state index contributed by atoms with van der Waals surface area (Å²) in [6.07, 6.45) is 2.92. The van der Waals surface area contributed by atoms with E-state index >= 15 is 0 Å². The third-order valence-electron chi connectivity index (χ3n) is 2.81. The summed E-state index contributed by atoms with van der Waals surface area (Å²) in [5.41, 5.74) is 1.62. The molecule has 0 atom stereocenters. The predicted molar refractivity (Wildman–Crippen MR) is 73.8 cm³/mol. The Labute approximate surface area is 111 Å². The van der Waals surface area contributed by atoms with Crippen molar-refractivity contribution >= 4 is 28.3 Å². The predicted octanol–water partition coefficient (Wildman–Crippen LogP) is 3.77. The van der Waals surface area contributed by atoms with Crippen LogP contribution >= 0.6 is 11.6 Å². The number of H-pyrrole nitrogens is 1. The summed E-state index contributed by atoms with van der Waals surface area (Å²) in [6.45, 7) is 2.51. The summed E-state index contributed by atoms with van der Waals surface area (Å²) in [7, 11) is 0. The van der Waals surface area contributed by atoms with E-state index in [0.717, 1.165) is 16.7 Å². The average Bonchev–Trinajstić information content (AvgIpc) is 2.81. The Bertz CT molecular complexity index is 548. The summed E-state index contributed by atoms with van der Waals surface area (Å²) in [5.74, 6) is 1.37. The highest BCUT2D eigenvalue weighted by molar-refractivity contribution is 6.18. The van der Waals surface area contributed by atoms with Gasteiger partial charge in [0.05, 0.1) is 12.0 Å². The number of halogens is 1. The van der Waals surface area contributed by atoms with Crippen LogP contribution in [0.2, 0.25) is 0 Å². The zero-order valence-corrected chi connectivity index (χ0v) is 11.1. The van der Waals surface area contributed by atoms with Crippen molar-refractivity contribution < 1.29 is 9.53 Å². The minimum atomic E-state index is 0.106. The minimum Gasteiger partial charge on any atom is -0.493 e. The number of Topliss-reactive ketones (excluding diaryl/α,β-unsaturated/α-hetero) is 1. The largest absolute Gasteiger partial charge is 0.493 e. The van der Waals surface area contributed by atoms with Crippen molar-refractivity contribution in [3.63, 3.8) is 0 Å². The van der Waals surface area contributed by atoms with Gasteiger partial charge < -0.3 is 9.72 Å². The number of rotatable bonds is 6. The van der Waals surface area contributed by atoms with Crippen molar-refractivity contribution in [3.8, 4) is 5.75 Å². The number of ketones is 1. The lowest BCUT2D eigenvalue weighted by molar-refractivity contribution is 0.0983. The highest BCUT2D eigenvalue weighted by Gasteiger charge is 2.15. The number of hydrogen-bond donors (Lipinski definition) is 1. The standard InChI is InChI=1S/C14H16ClNO2/c1-2-18-13-7-3-5-11-14(13)10(9-16-11)12(17)6-4-8-15/h3,5,7,9,16H,2,4,6,8H2,1H3. The molecule has 2 rings (SSSR count). The van der Waals surface area contributed by atoms with E-state index in [2.05, 4.69) is 4.98 Å². The summed E-state index contributed by atoms with van der Waals surface area (Å²) in [4.78, 5) is 15.2. The maximum atomic E-state index is 12.1. The zero-order chi connectivity index (χ0) is 13.0. The van der Waals surface area contributed by atoms with Gasteiger partial charge in [0, 0.05) is 29.6 Å². The van der Waals surface area contributed by atoms with Crippen molar-refractivity contribution in [1.29, 1.82) is 0 Å². The van der Waals surface area contributed by atoms with E-state index in [1.165, 1.54) is 0 Å². The second kappa shape index (κ2) is 5.91. The molecule has 0 spiro atoms. The molecule has 0 bridgehead atoms.